The van der Waals surface area contributed by atoms with Gasteiger partial charge in [0.2, 0.25) is 0 Å². The third kappa shape index (κ3) is 4.33. The summed E-state index contributed by atoms with van der Waals surface area (Å²) in [5.74, 6) is 1.62. The van der Waals surface area contributed by atoms with Gasteiger partial charge in [-0.05, 0) is 36.2 Å². The molecule has 0 radical (unpaired) electrons. The molecule has 0 saturated heterocycles. The molecule has 1 N–H and O–H groups in total. The highest BCUT2D eigenvalue weighted by Crippen LogP contribution is 2.28. The van der Waals surface area contributed by atoms with Gasteiger partial charge >= 0.3 is 0 Å². The van der Waals surface area contributed by atoms with E-state index in [-0.39, 0.29) is 0 Å². The summed E-state index contributed by atoms with van der Waals surface area (Å²) in [6.07, 6.45) is 4.04. The van der Waals surface area contributed by atoms with E-state index in [9.17, 15) is 0 Å². The van der Waals surface area contributed by atoms with Crippen molar-refractivity contribution in [2.75, 3.05) is 13.2 Å². The van der Waals surface area contributed by atoms with E-state index < -0.39 is 0 Å². The molecule has 2 aromatic carbocycles. The number of hydrogen-bond donors (Lipinski definition) is 1. The highest BCUT2D eigenvalue weighted by molar-refractivity contribution is 5.87. The molecule has 2 aromatic rings. The average molecular weight is 283 g/mol. The van der Waals surface area contributed by atoms with Crippen molar-refractivity contribution in [2.24, 2.45) is 5.92 Å². The molecule has 0 saturated carbocycles. The minimum Gasteiger partial charge on any atom is -0.489 e. The standard InChI is InChI=1S/C19H25NO/c1-4-5-12-21-19-11-10-16-8-6-7-9-17(16)18(19)14-20-13-15(2)3/h4-11,15,20H,12-14H2,1-3H3. The molecule has 0 bridgehead atoms. The van der Waals surface area contributed by atoms with Crippen LogP contribution in [0.3, 0.4) is 0 Å². The topological polar surface area (TPSA) is 21.3 Å². The second-order valence-corrected chi connectivity index (χ2v) is 5.67. The largest absolute Gasteiger partial charge is 0.489 e. The number of rotatable bonds is 7. The Morgan fingerprint density at radius 2 is 1.95 bits per heavy atom. The van der Waals surface area contributed by atoms with Crippen molar-refractivity contribution < 1.29 is 4.74 Å². The third-order valence-corrected chi connectivity index (χ3v) is 3.42. The van der Waals surface area contributed by atoms with Crippen LogP contribution in [0.5, 0.6) is 5.75 Å². The van der Waals surface area contributed by atoms with Gasteiger partial charge in [-0.3, -0.25) is 0 Å². The normalized spacial score (nSPS) is 11.6. The Morgan fingerprint density at radius 1 is 1.14 bits per heavy atom. The molecule has 0 fully saturated rings. The highest BCUT2D eigenvalue weighted by atomic mass is 16.5. The Morgan fingerprint density at radius 3 is 2.71 bits per heavy atom. The van der Waals surface area contributed by atoms with Crippen molar-refractivity contribution in [3.05, 3.63) is 54.1 Å². The monoisotopic (exact) mass is 283 g/mol. The van der Waals surface area contributed by atoms with Crippen molar-refractivity contribution in [2.45, 2.75) is 27.3 Å². The molecule has 0 aliphatic heterocycles. The van der Waals surface area contributed by atoms with Gasteiger partial charge in [-0.2, -0.15) is 0 Å². The lowest BCUT2D eigenvalue weighted by Gasteiger charge is -2.15. The molecule has 0 aliphatic carbocycles. The lowest BCUT2D eigenvalue weighted by atomic mass is 10.0. The quantitative estimate of drug-likeness (QED) is 0.753. The molecule has 0 aliphatic rings. The molecule has 2 nitrogen and oxygen atoms in total. The summed E-state index contributed by atoms with van der Waals surface area (Å²) in [5.41, 5.74) is 1.25. The zero-order chi connectivity index (χ0) is 15.1. The van der Waals surface area contributed by atoms with E-state index in [1.807, 2.05) is 19.1 Å². The Labute approximate surface area is 127 Å². The third-order valence-electron chi connectivity index (χ3n) is 3.42. The summed E-state index contributed by atoms with van der Waals surface area (Å²) in [6.45, 7) is 8.92. The maximum absolute atomic E-state index is 5.92. The van der Waals surface area contributed by atoms with E-state index in [4.69, 9.17) is 4.74 Å². The minimum absolute atomic E-state index is 0.617. The van der Waals surface area contributed by atoms with Crippen LogP contribution >= 0.6 is 0 Å². The summed E-state index contributed by atoms with van der Waals surface area (Å²) in [4.78, 5) is 0. The zero-order valence-corrected chi connectivity index (χ0v) is 13.2. The van der Waals surface area contributed by atoms with Crippen molar-refractivity contribution in [1.82, 2.24) is 5.32 Å². The number of fused-ring (bicyclic) bond motifs is 1. The summed E-state index contributed by atoms with van der Waals surface area (Å²) in [5, 5.41) is 6.06. The van der Waals surface area contributed by atoms with Gasteiger partial charge in [0.15, 0.2) is 0 Å². The van der Waals surface area contributed by atoms with Crippen molar-refractivity contribution in [3.63, 3.8) is 0 Å². The Balaban J connectivity index is 2.27. The Hall–Kier alpha value is -1.80. The summed E-state index contributed by atoms with van der Waals surface area (Å²) in [7, 11) is 0. The number of ether oxygens (including phenoxy) is 1. The molecule has 0 spiro atoms. The summed E-state index contributed by atoms with van der Waals surface area (Å²) < 4.78 is 5.92. The molecule has 2 rings (SSSR count). The first-order valence-electron chi connectivity index (χ1n) is 7.67. The fraction of sp³-hybridized carbons (Fsp3) is 0.368. The van der Waals surface area contributed by atoms with Gasteiger partial charge in [-0.1, -0.05) is 56.3 Å². The first kappa shape index (κ1) is 15.6. The van der Waals surface area contributed by atoms with Crippen molar-refractivity contribution in [3.8, 4) is 5.75 Å². The molecule has 0 amide bonds. The molecule has 2 heteroatoms. The molecule has 112 valence electrons. The van der Waals surface area contributed by atoms with Gasteiger partial charge in [0.05, 0.1) is 0 Å². The smallest absolute Gasteiger partial charge is 0.124 e. The molecule has 0 unspecified atom stereocenters. The molecule has 0 atom stereocenters. The van der Waals surface area contributed by atoms with E-state index in [1.54, 1.807) is 0 Å². The van der Waals surface area contributed by atoms with Crippen LogP contribution in [0.2, 0.25) is 0 Å². The van der Waals surface area contributed by atoms with Gasteiger partial charge in [0.1, 0.15) is 12.4 Å². The van der Waals surface area contributed by atoms with E-state index in [0.717, 1.165) is 18.8 Å². The van der Waals surface area contributed by atoms with Gasteiger partial charge < -0.3 is 10.1 Å². The van der Waals surface area contributed by atoms with Gasteiger partial charge in [0, 0.05) is 12.1 Å². The van der Waals surface area contributed by atoms with Gasteiger partial charge in [0.25, 0.3) is 0 Å². The summed E-state index contributed by atoms with van der Waals surface area (Å²) in [6, 6.07) is 12.7. The second kappa shape index (κ2) is 7.84. The fourth-order valence-electron chi connectivity index (χ4n) is 2.35. The van der Waals surface area contributed by atoms with E-state index in [1.165, 1.54) is 16.3 Å². The fourth-order valence-corrected chi connectivity index (χ4v) is 2.35. The zero-order valence-electron chi connectivity index (χ0n) is 13.2. The molecule has 0 aromatic heterocycles. The molecular weight excluding hydrogens is 258 g/mol. The number of hydrogen-bond acceptors (Lipinski definition) is 2. The van der Waals surface area contributed by atoms with E-state index in [2.05, 4.69) is 55.6 Å². The van der Waals surface area contributed by atoms with Crippen LogP contribution in [0.15, 0.2) is 48.6 Å². The number of allylic oxidation sites excluding steroid dienone is 1. The molecule has 0 heterocycles. The Kier molecular flexibility index (Phi) is 5.82. The maximum Gasteiger partial charge on any atom is 0.124 e. The first-order valence-corrected chi connectivity index (χ1v) is 7.67. The van der Waals surface area contributed by atoms with Crippen LogP contribution < -0.4 is 10.1 Å². The maximum atomic E-state index is 5.92. The number of benzene rings is 2. The van der Waals surface area contributed by atoms with Crippen molar-refractivity contribution >= 4 is 10.8 Å². The van der Waals surface area contributed by atoms with Crippen LogP contribution in [0.4, 0.5) is 0 Å². The predicted molar refractivity (Wildman–Crippen MR) is 90.8 cm³/mol. The Bertz CT molecular complexity index is 602. The summed E-state index contributed by atoms with van der Waals surface area (Å²) >= 11 is 0. The van der Waals surface area contributed by atoms with Crippen LogP contribution in [0.25, 0.3) is 10.8 Å². The van der Waals surface area contributed by atoms with Gasteiger partial charge in [-0.15, -0.1) is 0 Å². The number of nitrogens with one attached hydrogen (secondary N) is 1. The highest BCUT2D eigenvalue weighted by Gasteiger charge is 2.08. The SMILES string of the molecule is CC=CCOc1ccc2ccccc2c1CNCC(C)C. The lowest BCUT2D eigenvalue weighted by Crippen LogP contribution is -2.19. The predicted octanol–water partition coefficient (Wildman–Crippen LogP) is 4.54. The van der Waals surface area contributed by atoms with E-state index >= 15 is 0 Å². The first-order chi connectivity index (χ1) is 10.2. The van der Waals surface area contributed by atoms with Crippen LogP contribution in [0, 0.1) is 5.92 Å². The molecule has 21 heavy (non-hydrogen) atoms. The van der Waals surface area contributed by atoms with E-state index in [0.29, 0.717) is 12.5 Å². The second-order valence-electron chi connectivity index (χ2n) is 5.67. The molecular formula is C19H25NO. The van der Waals surface area contributed by atoms with Crippen LogP contribution in [-0.4, -0.2) is 13.2 Å². The van der Waals surface area contributed by atoms with Crippen LogP contribution in [0.1, 0.15) is 26.3 Å². The van der Waals surface area contributed by atoms with Crippen molar-refractivity contribution in [1.29, 1.82) is 0 Å². The minimum atomic E-state index is 0.617. The average Bonchev–Trinajstić information content (AvgIpc) is 2.48. The van der Waals surface area contributed by atoms with Crippen LogP contribution in [-0.2, 0) is 6.54 Å². The lowest BCUT2D eigenvalue weighted by molar-refractivity contribution is 0.357. The van der Waals surface area contributed by atoms with Gasteiger partial charge in [-0.25, -0.2) is 0 Å².